The van der Waals surface area contributed by atoms with Gasteiger partial charge in [-0.05, 0) is 67.9 Å². The Morgan fingerprint density at radius 3 is 2.73 bits per heavy atom. The van der Waals surface area contributed by atoms with Gasteiger partial charge in [-0.25, -0.2) is 15.0 Å². The van der Waals surface area contributed by atoms with Gasteiger partial charge in [0, 0.05) is 18.1 Å². The summed E-state index contributed by atoms with van der Waals surface area (Å²) in [5.41, 5.74) is -0.0123. The van der Waals surface area contributed by atoms with Crippen molar-refractivity contribution in [3.8, 4) is 10.4 Å². The monoisotopic (exact) mass is 534 g/mol. The molecule has 11 heteroatoms. The molecule has 0 amide bonds. The third-order valence-electron chi connectivity index (χ3n) is 6.77. The van der Waals surface area contributed by atoms with Crippen molar-refractivity contribution >= 4 is 28.9 Å². The highest BCUT2D eigenvalue weighted by Crippen LogP contribution is 2.48. The number of hydrogen-bond donors (Lipinski definition) is 2. The summed E-state index contributed by atoms with van der Waals surface area (Å²) in [6.45, 7) is 7.84. The number of nitrogens with one attached hydrogen (secondary N) is 1. The number of carbonyl (C=O) groups is 1. The van der Waals surface area contributed by atoms with Gasteiger partial charge in [0.05, 0.1) is 17.4 Å². The van der Waals surface area contributed by atoms with Crippen LogP contribution in [0.2, 0.25) is 0 Å². The van der Waals surface area contributed by atoms with Crippen LogP contribution < -0.4 is 5.32 Å². The molecule has 2 heterocycles. The molecule has 0 unspecified atom stereocenters. The van der Waals surface area contributed by atoms with Gasteiger partial charge in [-0.1, -0.05) is 19.9 Å². The van der Waals surface area contributed by atoms with Crippen LogP contribution >= 0.6 is 11.3 Å². The van der Waals surface area contributed by atoms with E-state index in [-0.39, 0.29) is 29.7 Å². The Kier molecular flexibility index (Phi) is 7.57. The van der Waals surface area contributed by atoms with Gasteiger partial charge in [0.15, 0.2) is 0 Å². The first-order chi connectivity index (χ1) is 17.4. The molecule has 1 saturated carbocycles. The summed E-state index contributed by atoms with van der Waals surface area (Å²) < 4.78 is 44.3. The Morgan fingerprint density at radius 2 is 2.03 bits per heavy atom. The van der Waals surface area contributed by atoms with Crippen LogP contribution in [0.5, 0.6) is 0 Å². The van der Waals surface area contributed by atoms with E-state index >= 15 is 0 Å². The summed E-state index contributed by atoms with van der Waals surface area (Å²) in [6, 6.07) is 6.31. The highest BCUT2D eigenvalue weighted by Gasteiger charge is 2.48. The minimum absolute atomic E-state index is 0.0742. The van der Waals surface area contributed by atoms with Crippen molar-refractivity contribution in [2.45, 2.75) is 52.3 Å². The van der Waals surface area contributed by atoms with Crippen LogP contribution in [0, 0.1) is 24.7 Å². The maximum atomic E-state index is 13.0. The molecule has 0 saturated heterocycles. The Hall–Kier alpha value is -3.05. The smallest absolute Gasteiger partial charge is 0.433 e. The van der Waals surface area contributed by atoms with E-state index in [9.17, 15) is 23.1 Å². The fourth-order valence-corrected chi connectivity index (χ4v) is 5.95. The Labute approximate surface area is 217 Å². The summed E-state index contributed by atoms with van der Waals surface area (Å²) in [6.07, 6.45) is -0.935. The number of thiazole rings is 1. The predicted octanol–water partition coefficient (Wildman–Crippen LogP) is 6.10. The molecular formula is C26H29F3N4O3S. The van der Waals surface area contributed by atoms with E-state index in [1.807, 2.05) is 26.8 Å². The third-order valence-corrected chi connectivity index (χ3v) is 7.99. The third kappa shape index (κ3) is 5.77. The van der Waals surface area contributed by atoms with Crippen molar-refractivity contribution < 1.29 is 27.8 Å². The van der Waals surface area contributed by atoms with E-state index in [4.69, 9.17) is 4.74 Å². The van der Waals surface area contributed by atoms with Crippen LogP contribution in [-0.4, -0.2) is 32.6 Å². The number of esters is 1. The number of nitrogens with zero attached hydrogens (tertiary/aromatic N) is 3. The fraction of sp³-hybridized carbons (Fsp3) is 0.462. The van der Waals surface area contributed by atoms with Crippen LogP contribution in [-0.2, 0) is 21.3 Å². The minimum Gasteiger partial charge on any atom is -0.466 e. The second-order valence-electron chi connectivity index (χ2n) is 9.61. The van der Waals surface area contributed by atoms with Gasteiger partial charge in [-0.15, -0.1) is 11.3 Å². The molecule has 37 heavy (non-hydrogen) atoms. The fourth-order valence-electron chi connectivity index (χ4n) is 4.83. The molecule has 1 aliphatic carbocycles. The van der Waals surface area contributed by atoms with Crippen LogP contribution in [0.3, 0.4) is 0 Å². The zero-order valence-corrected chi connectivity index (χ0v) is 21.8. The number of aryl methyl sites for hydroxylation is 1. The van der Waals surface area contributed by atoms with Gasteiger partial charge in [0.2, 0.25) is 5.95 Å². The number of benzene rings is 1. The molecule has 1 aromatic carbocycles. The summed E-state index contributed by atoms with van der Waals surface area (Å²) >= 11 is 1.36. The number of alkyl halides is 3. The number of carbonyl (C=O) groups excluding carboxylic acids is 1. The zero-order chi connectivity index (χ0) is 27.0. The molecule has 198 valence electrons. The maximum Gasteiger partial charge on any atom is 0.433 e. The second kappa shape index (κ2) is 10.4. The number of hydrogen-bond acceptors (Lipinski definition) is 8. The molecule has 0 bridgehead atoms. The van der Waals surface area contributed by atoms with Gasteiger partial charge in [0.1, 0.15) is 16.3 Å². The first-order valence-electron chi connectivity index (χ1n) is 12.1. The van der Waals surface area contributed by atoms with E-state index in [2.05, 4.69) is 20.3 Å². The van der Waals surface area contributed by atoms with E-state index in [0.717, 1.165) is 28.3 Å². The molecular weight excluding hydrogens is 505 g/mol. The first-order valence-corrected chi connectivity index (χ1v) is 12.9. The standard InChI is InChI=1S/C26H29F3N4O3S/c1-5-36-22(34)19-10-16(4)25(35,12-15(19)3)23-31-13-20(37-23)17-8-14(2)9-18(11-17)32-24-30-7-6-21(33-24)26(27,28)29/h6-9,11,13,15-16,19,35H,5,10,12H2,1-4H3,(H,30,32,33)/t15-,16-,19+,25+/m0/s1. The van der Waals surface area contributed by atoms with Crippen molar-refractivity contribution in [3.05, 3.63) is 52.9 Å². The lowest BCUT2D eigenvalue weighted by Crippen LogP contribution is -2.45. The maximum absolute atomic E-state index is 13.0. The number of rotatable bonds is 6. The number of ether oxygens (including phenoxy) is 1. The highest BCUT2D eigenvalue weighted by molar-refractivity contribution is 7.15. The van der Waals surface area contributed by atoms with Crippen molar-refractivity contribution in [1.29, 1.82) is 0 Å². The summed E-state index contributed by atoms with van der Waals surface area (Å²) in [7, 11) is 0. The first kappa shape index (κ1) is 27.0. The molecule has 2 N–H and O–H groups in total. The second-order valence-corrected chi connectivity index (χ2v) is 10.6. The number of aliphatic hydroxyl groups is 1. The van der Waals surface area contributed by atoms with Gasteiger partial charge in [0.25, 0.3) is 0 Å². The molecule has 0 radical (unpaired) electrons. The van der Waals surface area contributed by atoms with Crippen LogP contribution in [0.15, 0.2) is 36.7 Å². The summed E-state index contributed by atoms with van der Waals surface area (Å²) in [5, 5.41) is 15.1. The normalized spacial score (nSPS) is 24.1. The van der Waals surface area contributed by atoms with Gasteiger partial charge in [-0.2, -0.15) is 13.2 Å². The van der Waals surface area contributed by atoms with E-state index in [1.165, 1.54) is 11.3 Å². The van der Waals surface area contributed by atoms with Crippen LogP contribution in [0.25, 0.3) is 10.4 Å². The Morgan fingerprint density at radius 1 is 1.27 bits per heavy atom. The lowest BCUT2D eigenvalue weighted by molar-refractivity contribution is -0.158. The number of halogens is 3. The van der Waals surface area contributed by atoms with Crippen LogP contribution in [0.4, 0.5) is 24.8 Å². The molecule has 2 aromatic heterocycles. The number of aromatic nitrogens is 3. The summed E-state index contributed by atoms with van der Waals surface area (Å²) in [5.74, 6) is -0.932. The Balaban J connectivity index is 1.57. The molecule has 1 aliphatic rings. The van der Waals surface area contributed by atoms with Gasteiger partial charge >= 0.3 is 12.1 Å². The molecule has 0 aliphatic heterocycles. The van der Waals surface area contributed by atoms with E-state index < -0.39 is 17.5 Å². The van der Waals surface area contributed by atoms with Crippen molar-refractivity contribution in [3.63, 3.8) is 0 Å². The highest BCUT2D eigenvalue weighted by atomic mass is 32.1. The Bertz CT molecular complexity index is 1280. The van der Waals surface area contributed by atoms with Gasteiger partial charge in [-0.3, -0.25) is 4.79 Å². The van der Waals surface area contributed by atoms with Crippen molar-refractivity contribution in [1.82, 2.24) is 15.0 Å². The lowest BCUT2D eigenvalue weighted by Gasteiger charge is -2.42. The van der Waals surface area contributed by atoms with Crippen molar-refractivity contribution in [2.24, 2.45) is 17.8 Å². The summed E-state index contributed by atoms with van der Waals surface area (Å²) in [4.78, 5) is 25.2. The average molecular weight is 535 g/mol. The van der Waals surface area contributed by atoms with E-state index in [0.29, 0.717) is 30.1 Å². The van der Waals surface area contributed by atoms with Crippen molar-refractivity contribution in [2.75, 3.05) is 11.9 Å². The lowest BCUT2D eigenvalue weighted by atomic mass is 9.67. The molecule has 4 rings (SSSR count). The SMILES string of the molecule is CCOC(=O)[C@@H]1C[C@H](C)[C@@](O)(c2ncc(-c3cc(C)cc(Nc4nccc(C(F)(F)F)n4)c3)s2)C[C@@H]1C. The molecule has 1 fully saturated rings. The zero-order valence-electron chi connectivity index (χ0n) is 21.0. The predicted molar refractivity (Wildman–Crippen MR) is 134 cm³/mol. The average Bonchev–Trinajstić information content (AvgIpc) is 3.32. The topological polar surface area (TPSA) is 97.2 Å². The molecule has 0 spiro atoms. The molecule has 3 aromatic rings. The van der Waals surface area contributed by atoms with E-state index in [1.54, 1.807) is 25.3 Å². The number of anilines is 2. The largest absolute Gasteiger partial charge is 0.466 e. The molecule has 4 atom stereocenters. The molecule has 7 nitrogen and oxygen atoms in total. The minimum atomic E-state index is -4.57. The van der Waals surface area contributed by atoms with Crippen LogP contribution in [0.1, 0.15) is 49.9 Å². The quantitative estimate of drug-likeness (QED) is 0.369. The van der Waals surface area contributed by atoms with Gasteiger partial charge < -0.3 is 15.2 Å².